The number of halogens is 7. The molecule has 4 aliphatic heterocycles. The van der Waals surface area contributed by atoms with Crippen molar-refractivity contribution in [3.8, 4) is 45.1 Å². The number of hydrogen-bond acceptors (Lipinski definition) is 16. The number of ether oxygens (including phenoxy) is 4. The lowest BCUT2D eigenvalue weighted by atomic mass is 9.95. The van der Waals surface area contributed by atoms with Crippen molar-refractivity contribution in [1.82, 2.24) is 28.9 Å². The number of anilines is 4. The minimum Gasteiger partial charge on any atom is -0.496 e. The minimum atomic E-state index is -2.23. The molecular weight excluding hydrogens is 1610 g/mol. The Balaban J connectivity index is 0.000000221. The van der Waals surface area contributed by atoms with Crippen molar-refractivity contribution >= 4 is 89.3 Å². The second-order valence-corrected chi connectivity index (χ2v) is 47.0. The van der Waals surface area contributed by atoms with Gasteiger partial charge in [-0.2, -0.15) is 0 Å². The van der Waals surface area contributed by atoms with Crippen LogP contribution < -0.4 is 40.6 Å². The van der Waals surface area contributed by atoms with Gasteiger partial charge in [0.15, 0.2) is 28.3 Å². The lowest BCUT2D eigenvalue weighted by Crippen LogP contribution is -2.65. The number of alkyl halides is 1. The fourth-order valence-corrected chi connectivity index (χ4v) is 17.8. The molecule has 8 aromatic rings. The summed E-state index contributed by atoms with van der Waals surface area (Å²) in [6, 6.07) is 12.2. The zero-order valence-electron chi connectivity index (χ0n) is 72.7. The van der Waals surface area contributed by atoms with Crippen molar-refractivity contribution in [2.24, 2.45) is 0 Å². The Hall–Kier alpha value is -8.65. The van der Waals surface area contributed by atoms with Crippen LogP contribution in [-0.4, -0.2) is 172 Å². The number of fused-ring (bicyclic) bond motifs is 10. The van der Waals surface area contributed by atoms with Gasteiger partial charge in [-0.1, -0.05) is 97.3 Å². The second-order valence-electron chi connectivity index (χ2n) is 36.6. The molecule has 12 rings (SSSR count). The van der Waals surface area contributed by atoms with Gasteiger partial charge in [-0.3, -0.25) is 28.7 Å². The van der Waals surface area contributed by atoms with Crippen LogP contribution in [0.5, 0.6) is 11.5 Å². The zero-order chi connectivity index (χ0) is 86.7. The summed E-state index contributed by atoms with van der Waals surface area (Å²) in [4.78, 5) is 75.5. The van der Waals surface area contributed by atoms with Crippen LogP contribution in [0.1, 0.15) is 159 Å². The van der Waals surface area contributed by atoms with Gasteiger partial charge in [-0.25, -0.2) is 35.9 Å². The molecule has 0 saturated carbocycles. The Bertz CT molecular complexity index is 5210. The van der Waals surface area contributed by atoms with Gasteiger partial charge in [0.25, 0.3) is 11.1 Å². The van der Waals surface area contributed by atoms with Gasteiger partial charge in [0.1, 0.15) is 57.3 Å². The van der Waals surface area contributed by atoms with Crippen molar-refractivity contribution < 1.29 is 63.7 Å². The third-order valence-corrected chi connectivity index (χ3v) is 32.5. The Morgan fingerprint density at radius 1 is 0.538 bits per heavy atom. The lowest BCUT2D eigenvalue weighted by molar-refractivity contribution is 0.0116. The minimum absolute atomic E-state index is 0.0618. The smallest absolute Gasteiger partial charge is 0.410 e. The predicted molar refractivity (Wildman–Crippen MR) is 464 cm³/mol. The Kier molecular flexibility index (Phi) is 26.8. The molecule has 0 aliphatic carbocycles. The molecule has 2 fully saturated rings. The number of nitrogens with zero attached hydrogens (tertiary/aromatic N) is 9. The molecule has 8 heterocycles. The molecule has 2 saturated heterocycles. The maximum Gasteiger partial charge on any atom is 0.410 e. The number of carbonyl (C=O) groups is 2. The van der Waals surface area contributed by atoms with Gasteiger partial charge >= 0.3 is 12.2 Å². The van der Waals surface area contributed by atoms with Crippen LogP contribution in [0.15, 0.2) is 82.6 Å². The summed E-state index contributed by atoms with van der Waals surface area (Å²) in [5.74, 6) is -6.53. The maximum atomic E-state index is 17.9. The topological polar surface area (TPSA) is 188 Å². The van der Waals surface area contributed by atoms with Gasteiger partial charge in [0.2, 0.25) is 0 Å². The third kappa shape index (κ3) is 18.1. The number of nitrogens with one attached hydrogen (secondary N) is 1. The Labute approximate surface area is 694 Å². The fraction of sp³-hybridized carbons (Fsp3) is 0.523. The van der Waals surface area contributed by atoms with Crippen molar-refractivity contribution in [3.05, 3.63) is 151 Å². The van der Waals surface area contributed by atoms with E-state index in [1.165, 1.54) is 53.7 Å². The van der Waals surface area contributed by atoms with E-state index in [9.17, 15) is 14.4 Å². The summed E-state index contributed by atoms with van der Waals surface area (Å²) in [6.45, 7) is 51.0. The van der Waals surface area contributed by atoms with Crippen LogP contribution in [0.4, 0.5) is 58.7 Å². The Morgan fingerprint density at radius 2 is 0.949 bits per heavy atom. The lowest BCUT2D eigenvalue weighted by Gasteiger charge is -2.52. The first kappa shape index (κ1) is 90.7. The van der Waals surface area contributed by atoms with E-state index < -0.39 is 120 Å². The molecule has 0 spiro atoms. The first-order chi connectivity index (χ1) is 54.4. The number of aryl methyl sites for hydroxylation is 2. The first-order valence-corrected chi connectivity index (χ1v) is 47.0. The number of pyridine rings is 4. The van der Waals surface area contributed by atoms with E-state index in [4.69, 9.17) is 27.8 Å². The standard InChI is InChI=1S/C44H58F3N5O5Si.C36H40F3N5O4.C8H19BrOSi/c1-25(2)36-37(26(3)17-18-48-36)52-38-29(21-31(46)34(35(38)47)33-30(45)15-14-16-32(33)55-11)39-40(41(52)53)49(19-20-56-58(12,13)44(8,9)10)23-28-24-50(27(4)22-51(28)39)42(54)57-43(5,6)7;1-18(2)29-31(19(3)12-13-40-29)44-32-22(14-24(38)27(28(32)39)26-23(37)10-9-11-25(26)47-8)33-30(34(44)45)41-15-21-17-42(20(4)16-43(21)33)35(46)48-36(5,6)7;1-8(2,3)11(4,5)10-7-6-9/h14-18,21,25,27-28H,19-20,22-24H2,1-13H3;9-14,18,20-21,41H,15-17H2,1-8H3;6-7H2,1-5H3/t27-,28+;20-,21+;/m11./s1. The average Bonchev–Trinajstić information content (AvgIpc) is 0.707. The van der Waals surface area contributed by atoms with Crippen molar-refractivity contribution in [2.45, 2.75) is 222 Å². The van der Waals surface area contributed by atoms with Crippen LogP contribution in [0, 0.1) is 48.8 Å². The largest absolute Gasteiger partial charge is 0.496 e. The number of hydrogen-bond donors (Lipinski definition) is 1. The fourth-order valence-electron chi connectivity index (χ4n) is 15.2. The highest BCUT2D eigenvalue weighted by atomic mass is 79.9. The van der Waals surface area contributed by atoms with E-state index in [0.717, 1.165) is 30.1 Å². The third-order valence-electron chi connectivity index (χ3n) is 23.1. The first-order valence-electron chi connectivity index (χ1n) is 40.1. The summed E-state index contributed by atoms with van der Waals surface area (Å²) >= 11 is 3.37. The van der Waals surface area contributed by atoms with Crippen molar-refractivity contribution in [3.63, 3.8) is 0 Å². The molecule has 0 radical (unpaired) electrons. The number of carbonyl (C=O) groups excluding carboxylic acids is 2. The molecule has 4 aromatic heterocycles. The normalized spacial score (nSPS) is 17.2. The van der Waals surface area contributed by atoms with Crippen molar-refractivity contribution in [1.29, 1.82) is 0 Å². The van der Waals surface area contributed by atoms with E-state index in [-0.39, 0.29) is 106 Å². The predicted octanol–water partition coefficient (Wildman–Crippen LogP) is 20.1. The van der Waals surface area contributed by atoms with E-state index >= 15 is 31.1 Å². The summed E-state index contributed by atoms with van der Waals surface area (Å²) in [5, 5.41) is 4.69. The molecule has 0 unspecified atom stereocenters. The van der Waals surface area contributed by atoms with Crippen LogP contribution in [0.3, 0.4) is 0 Å². The number of benzene rings is 4. The molecule has 636 valence electrons. The van der Waals surface area contributed by atoms with Gasteiger partial charge in [0, 0.05) is 93.0 Å². The molecular formula is C88H117BrF6N10O10Si2. The molecule has 20 nitrogen and oxygen atoms in total. The average molecular weight is 1730 g/mol. The molecule has 0 bridgehead atoms. The van der Waals surface area contributed by atoms with E-state index in [2.05, 4.69) is 98.9 Å². The quantitative estimate of drug-likeness (QED) is 0.0579. The maximum absolute atomic E-state index is 17.9. The van der Waals surface area contributed by atoms with Gasteiger partial charge in [-0.05, 0) is 177 Å². The van der Waals surface area contributed by atoms with Crippen LogP contribution in [0.25, 0.3) is 55.4 Å². The second kappa shape index (κ2) is 34.6. The highest BCUT2D eigenvalue weighted by molar-refractivity contribution is 9.09. The van der Waals surface area contributed by atoms with Crippen molar-refractivity contribution in [2.75, 3.05) is 98.6 Å². The molecule has 29 heteroatoms. The number of aromatic nitrogens is 4. The molecule has 2 amide bonds. The summed E-state index contributed by atoms with van der Waals surface area (Å²) in [5.41, 5.74) is -0.844. The monoisotopic (exact) mass is 1720 g/mol. The molecule has 4 atom stereocenters. The number of rotatable bonds is 15. The number of methoxy groups -OCH3 is 2. The summed E-state index contributed by atoms with van der Waals surface area (Å²) in [6.07, 6.45) is 2.34. The van der Waals surface area contributed by atoms with Gasteiger partial charge in [-0.15, -0.1) is 0 Å². The van der Waals surface area contributed by atoms with Crippen LogP contribution in [0.2, 0.25) is 36.3 Å². The highest BCUT2D eigenvalue weighted by Gasteiger charge is 2.47. The molecule has 117 heavy (non-hydrogen) atoms. The van der Waals surface area contributed by atoms with E-state index in [1.807, 2.05) is 83.9 Å². The van der Waals surface area contributed by atoms with E-state index in [1.54, 1.807) is 62.0 Å². The number of amides is 2. The van der Waals surface area contributed by atoms with E-state index in [0.29, 0.717) is 70.0 Å². The van der Waals surface area contributed by atoms with Crippen LogP contribution >= 0.6 is 15.9 Å². The zero-order valence-corrected chi connectivity index (χ0v) is 76.3. The molecule has 1 N–H and O–H groups in total. The van der Waals surface area contributed by atoms with Gasteiger partial charge < -0.3 is 57.6 Å². The van der Waals surface area contributed by atoms with Gasteiger partial charge in [0.05, 0.1) is 100 Å². The highest BCUT2D eigenvalue weighted by Crippen LogP contribution is 2.50. The summed E-state index contributed by atoms with van der Waals surface area (Å²) in [7, 11) is -1.09. The number of piperazine rings is 2. The molecule has 4 aliphatic rings. The SMILES string of the molecule is CC(C)(C)[Si](C)(C)OCCBr.COc1cccc(F)c1-c1c(F)cc2c3c(c(=O)n(-c4c(C)ccnc4C(C)C)c2c1F)N(CCO[Si](C)(C)C(C)(C)C)C[C@H]1CN(C(=O)OC(C)(C)C)[C@H](C)CN31.COc1cccc(F)c1-c1c(F)cc2c3c(c(=O)n(-c4c(C)ccnc4C(C)C)c2c1F)NC[C@H]1CN(C(=O)OC(C)(C)C)[C@H](C)CN31. The Morgan fingerprint density at radius 3 is 1.36 bits per heavy atom. The summed E-state index contributed by atoms with van der Waals surface area (Å²) < 4.78 is 137. The molecule has 4 aromatic carbocycles. The van der Waals surface area contributed by atoms with Crippen LogP contribution in [-0.2, 0) is 18.3 Å².